The normalized spacial score (nSPS) is 18.0. The number of methoxy groups -OCH3 is 2. The largest absolute Gasteiger partial charge is 0.493 e. The molecule has 2 fully saturated rings. The lowest BCUT2D eigenvalue weighted by atomic mass is 9.98. The van der Waals surface area contributed by atoms with Gasteiger partial charge in [0.2, 0.25) is 5.91 Å². The number of carbonyl (C=O) groups excluding carboxylic acids is 3. The Balaban J connectivity index is 1.62. The van der Waals surface area contributed by atoms with E-state index in [1.807, 2.05) is 6.92 Å². The molecule has 3 rings (SSSR count). The molecule has 27 heavy (non-hydrogen) atoms. The van der Waals surface area contributed by atoms with Crippen LogP contribution in [0.5, 0.6) is 11.5 Å². The second-order valence-electron chi connectivity index (χ2n) is 7.00. The van der Waals surface area contributed by atoms with Gasteiger partial charge in [-0.15, -0.1) is 0 Å². The van der Waals surface area contributed by atoms with E-state index in [2.05, 4.69) is 10.6 Å². The predicted molar refractivity (Wildman–Crippen MR) is 99.0 cm³/mol. The van der Waals surface area contributed by atoms with Gasteiger partial charge in [-0.3, -0.25) is 14.5 Å². The molecular formula is C19H25N3O5. The van der Waals surface area contributed by atoms with E-state index in [0.717, 1.165) is 23.3 Å². The minimum Gasteiger partial charge on any atom is -0.493 e. The summed E-state index contributed by atoms with van der Waals surface area (Å²) in [6, 6.07) is 3.06. The van der Waals surface area contributed by atoms with Crippen molar-refractivity contribution in [1.29, 1.82) is 0 Å². The fourth-order valence-electron chi connectivity index (χ4n) is 3.74. The van der Waals surface area contributed by atoms with Crippen LogP contribution in [0.3, 0.4) is 0 Å². The molecule has 1 spiro atoms. The van der Waals surface area contributed by atoms with E-state index in [4.69, 9.17) is 9.47 Å². The van der Waals surface area contributed by atoms with E-state index in [9.17, 15) is 14.4 Å². The molecule has 0 aromatic heterocycles. The van der Waals surface area contributed by atoms with Crippen molar-refractivity contribution in [2.24, 2.45) is 0 Å². The number of imide groups is 1. The first-order chi connectivity index (χ1) is 12.9. The summed E-state index contributed by atoms with van der Waals surface area (Å²) in [4.78, 5) is 38.3. The van der Waals surface area contributed by atoms with Crippen molar-refractivity contribution >= 4 is 23.5 Å². The number of aryl methyl sites for hydroxylation is 1. The number of hydrogen-bond acceptors (Lipinski definition) is 5. The van der Waals surface area contributed by atoms with Crippen molar-refractivity contribution < 1.29 is 23.9 Å². The number of nitrogens with zero attached hydrogens (tertiary/aromatic N) is 1. The Kier molecular flexibility index (Phi) is 5.25. The summed E-state index contributed by atoms with van der Waals surface area (Å²) < 4.78 is 10.5. The van der Waals surface area contributed by atoms with Crippen molar-refractivity contribution in [2.45, 2.75) is 44.6 Å². The van der Waals surface area contributed by atoms with Gasteiger partial charge in [0.15, 0.2) is 11.5 Å². The first kappa shape index (κ1) is 19.0. The molecule has 1 aromatic carbocycles. The van der Waals surface area contributed by atoms with Crippen molar-refractivity contribution in [3.05, 3.63) is 17.7 Å². The number of anilines is 1. The highest BCUT2D eigenvalue weighted by Gasteiger charge is 2.52. The SMILES string of the molecule is COc1cc(C)c(NC(=O)CCN2C(=O)NC3(CCCC3)C2=O)cc1OC. The highest BCUT2D eigenvalue weighted by Crippen LogP contribution is 2.35. The van der Waals surface area contributed by atoms with Crippen LogP contribution in [0.1, 0.15) is 37.7 Å². The van der Waals surface area contributed by atoms with Gasteiger partial charge in [-0.2, -0.15) is 0 Å². The Morgan fingerprint density at radius 3 is 2.44 bits per heavy atom. The van der Waals surface area contributed by atoms with E-state index < -0.39 is 11.6 Å². The quantitative estimate of drug-likeness (QED) is 0.743. The molecule has 1 aliphatic carbocycles. The maximum absolute atomic E-state index is 12.6. The molecular weight excluding hydrogens is 350 g/mol. The van der Waals surface area contributed by atoms with Gasteiger partial charge in [-0.1, -0.05) is 12.8 Å². The minimum atomic E-state index is -0.743. The van der Waals surface area contributed by atoms with Crippen molar-refractivity contribution in [1.82, 2.24) is 10.2 Å². The summed E-state index contributed by atoms with van der Waals surface area (Å²) in [7, 11) is 3.07. The Hall–Kier alpha value is -2.77. The highest BCUT2D eigenvalue weighted by atomic mass is 16.5. The number of benzene rings is 1. The zero-order chi connectivity index (χ0) is 19.6. The van der Waals surface area contributed by atoms with E-state index in [0.29, 0.717) is 30.0 Å². The lowest BCUT2D eigenvalue weighted by Gasteiger charge is -2.20. The molecule has 0 radical (unpaired) electrons. The molecule has 1 aliphatic heterocycles. The standard InChI is InChI=1S/C19H25N3O5/c1-12-10-14(26-2)15(27-3)11-13(12)20-16(23)6-9-22-17(24)19(21-18(22)25)7-4-5-8-19/h10-11H,4-9H2,1-3H3,(H,20,23)(H,21,25). The van der Waals surface area contributed by atoms with Gasteiger partial charge in [-0.05, 0) is 31.4 Å². The van der Waals surface area contributed by atoms with Gasteiger partial charge < -0.3 is 20.1 Å². The topological polar surface area (TPSA) is 97.0 Å². The monoisotopic (exact) mass is 375 g/mol. The van der Waals surface area contributed by atoms with E-state index in [1.165, 1.54) is 7.11 Å². The number of ether oxygens (including phenoxy) is 2. The van der Waals surface area contributed by atoms with Gasteiger partial charge in [0.25, 0.3) is 5.91 Å². The average molecular weight is 375 g/mol. The highest BCUT2D eigenvalue weighted by molar-refractivity contribution is 6.07. The molecule has 0 atom stereocenters. The van der Waals surface area contributed by atoms with E-state index in [1.54, 1.807) is 19.2 Å². The van der Waals surface area contributed by atoms with Crippen LogP contribution in [-0.4, -0.2) is 49.0 Å². The maximum atomic E-state index is 12.6. The second-order valence-corrected chi connectivity index (χ2v) is 7.00. The summed E-state index contributed by atoms with van der Waals surface area (Å²) in [5, 5.41) is 5.62. The Morgan fingerprint density at radius 1 is 1.19 bits per heavy atom. The van der Waals surface area contributed by atoms with E-state index >= 15 is 0 Å². The van der Waals surface area contributed by atoms with Gasteiger partial charge in [0, 0.05) is 24.7 Å². The molecule has 2 N–H and O–H groups in total. The van der Waals surface area contributed by atoms with Crippen LogP contribution in [0, 0.1) is 6.92 Å². The molecule has 146 valence electrons. The van der Waals surface area contributed by atoms with Crippen molar-refractivity contribution in [3.8, 4) is 11.5 Å². The zero-order valence-corrected chi connectivity index (χ0v) is 15.9. The number of rotatable bonds is 6. The Morgan fingerprint density at radius 2 is 1.81 bits per heavy atom. The molecule has 8 heteroatoms. The summed E-state index contributed by atoms with van der Waals surface area (Å²) in [6.45, 7) is 1.91. The van der Waals surface area contributed by atoms with E-state index in [-0.39, 0.29) is 24.8 Å². The molecule has 1 saturated heterocycles. The van der Waals surface area contributed by atoms with Crippen LogP contribution in [0.2, 0.25) is 0 Å². The molecule has 4 amide bonds. The van der Waals surface area contributed by atoms with Crippen LogP contribution < -0.4 is 20.1 Å². The molecule has 1 aromatic rings. The minimum absolute atomic E-state index is 0.0308. The second kappa shape index (κ2) is 7.46. The van der Waals surface area contributed by atoms with Crippen LogP contribution in [-0.2, 0) is 9.59 Å². The fourth-order valence-corrected chi connectivity index (χ4v) is 3.74. The van der Waals surface area contributed by atoms with Crippen LogP contribution in [0.25, 0.3) is 0 Å². The first-order valence-electron chi connectivity index (χ1n) is 9.07. The van der Waals surface area contributed by atoms with Crippen molar-refractivity contribution in [2.75, 3.05) is 26.1 Å². The number of nitrogens with one attached hydrogen (secondary N) is 2. The van der Waals surface area contributed by atoms with Crippen LogP contribution in [0.15, 0.2) is 12.1 Å². The van der Waals surface area contributed by atoms with Gasteiger partial charge >= 0.3 is 6.03 Å². The van der Waals surface area contributed by atoms with Crippen LogP contribution in [0.4, 0.5) is 10.5 Å². The first-order valence-corrected chi connectivity index (χ1v) is 9.07. The van der Waals surface area contributed by atoms with Gasteiger partial charge in [0.05, 0.1) is 14.2 Å². The smallest absolute Gasteiger partial charge is 0.325 e. The lowest BCUT2D eigenvalue weighted by Crippen LogP contribution is -2.44. The van der Waals surface area contributed by atoms with Crippen LogP contribution >= 0.6 is 0 Å². The van der Waals surface area contributed by atoms with Gasteiger partial charge in [-0.25, -0.2) is 4.79 Å². The number of urea groups is 1. The Bertz CT molecular complexity index is 771. The summed E-state index contributed by atoms with van der Waals surface area (Å²) in [5.74, 6) is 0.600. The fraction of sp³-hybridized carbons (Fsp3) is 0.526. The zero-order valence-electron chi connectivity index (χ0n) is 15.9. The number of amides is 4. The molecule has 1 saturated carbocycles. The molecule has 0 bridgehead atoms. The Labute approximate surface area is 158 Å². The third-order valence-electron chi connectivity index (χ3n) is 5.27. The summed E-state index contributed by atoms with van der Waals surface area (Å²) in [5.41, 5.74) is 0.677. The third kappa shape index (κ3) is 3.56. The molecule has 2 aliphatic rings. The predicted octanol–water partition coefficient (Wildman–Crippen LogP) is 2.21. The van der Waals surface area contributed by atoms with Crippen molar-refractivity contribution in [3.63, 3.8) is 0 Å². The molecule has 1 heterocycles. The molecule has 0 unspecified atom stereocenters. The van der Waals surface area contributed by atoms with Gasteiger partial charge in [0.1, 0.15) is 5.54 Å². The maximum Gasteiger partial charge on any atom is 0.325 e. The molecule has 8 nitrogen and oxygen atoms in total. The summed E-state index contributed by atoms with van der Waals surface area (Å²) >= 11 is 0. The lowest BCUT2D eigenvalue weighted by molar-refractivity contribution is -0.131. The third-order valence-corrected chi connectivity index (χ3v) is 5.27. The number of carbonyl (C=O) groups is 3. The summed E-state index contributed by atoms with van der Waals surface area (Å²) in [6.07, 6.45) is 3.23. The average Bonchev–Trinajstić information content (AvgIpc) is 3.20. The number of hydrogen-bond donors (Lipinski definition) is 2.